The largest absolute Gasteiger partial charge is 0.444 e. The SMILES string of the molecule is CC(C)(C)OC(=O)N1[C@@H]2COC(C)(C)O[C@H]2[C@@H](O)[C@@H]1c1ccnc2[nH]ccc12. The second-order valence-electron chi connectivity index (χ2n) is 8.82. The van der Waals surface area contributed by atoms with Crippen molar-refractivity contribution < 1.29 is 24.1 Å². The van der Waals surface area contributed by atoms with Crippen molar-refractivity contribution in [3.8, 4) is 0 Å². The van der Waals surface area contributed by atoms with Crippen molar-refractivity contribution in [2.45, 2.75) is 70.3 Å². The predicted octanol–water partition coefficient (Wildman–Crippen LogP) is 2.74. The molecular weight excluding hydrogens is 362 g/mol. The van der Waals surface area contributed by atoms with Gasteiger partial charge in [-0.3, -0.25) is 4.90 Å². The third-order valence-corrected chi connectivity index (χ3v) is 5.13. The lowest BCUT2D eigenvalue weighted by atomic mass is 9.98. The number of amides is 1. The van der Waals surface area contributed by atoms with E-state index >= 15 is 0 Å². The number of rotatable bonds is 1. The van der Waals surface area contributed by atoms with Crippen LogP contribution in [0.1, 0.15) is 46.2 Å². The third kappa shape index (κ3) is 3.25. The minimum atomic E-state index is -0.929. The van der Waals surface area contributed by atoms with Gasteiger partial charge in [-0.15, -0.1) is 0 Å². The van der Waals surface area contributed by atoms with Crippen molar-refractivity contribution in [1.29, 1.82) is 0 Å². The summed E-state index contributed by atoms with van der Waals surface area (Å²) in [6.07, 6.45) is 1.44. The van der Waals surface area contributed by atoms with Gasteiger partial charge < -0.3 is 24.3 Å². The highest BCUT2D eigenvalue weighted by Crippen LogP contribution is 2.44. The zero-order valence-electron chi connectivity index (χ0n) is 16.8. The number of fused-ring (bicyclic) bond motifs is 2. The molecule has 2 N–H and O–H groups in total. The molecule has 152 valence electrons. The number of aromatic nitrogens is 2. The van der Waals surface area contributed by atoms with Crippen molar-refractivity contribution in [3.63, 3.8) is 0 Å². The highest BCUT2D eigenvalue weighted by atomic mass is 16.7. The van der Waals surface area contributed by atoms with Gasteiger partial charge in [0.25, 0.3) is 0 Å². The Labute approximate surface area is 163 Å². The number of aromatic amines is 1. The van der Waals surface area contributed by atoms with E-state index in [1.807, 2.05) is 32.9 Å². The van der Waals surface area contributed by atoms with Gasteiger partial charge in [-0.2, -0.15) is 0 Å². The smallest absolute Gasteiger partial charge is 0.411 e. The summed E-state index contributed by atoms with van der Waals surface area (Å²) < 4.78 is 17.5. The number of likely N-dealkylation sites (tertiary alicyclic amines) is 1. The maximum absolute atomic E-state index is 13.1. The van der Waals surface area contributed by atoms with Crippen LogP contribution in [0.25, 0.3) is 11.0 Å². The molecule has 2 aliphatic rings. The number of hydrogen-bond acceptors (Lipinski definition) is 6. The van der Waals surface area contributed by atoms with Crippen molar-refractivity contribution in [1.82, 2.24) is 14.9 Å². The number of aliphatic hydroxyl groups excluding tert-OH is 1. The molecule has 2 saturated heterocycles. The van der Waals surface area contributed by atoms with Crippen LogP contribution in [-0.4, -0.2) is 62.3 Å². The first-order chi connectivity index (χ1) is 13.1. The van der Waals surface area contributed by atoms with Crippen LogP contribution in [0.4, 0.5) is 4.79 Å². The second kappa shape index (κ2) is 6.43. The number of ether oxygens (including phenoxy) is 3. The summed E-state index contributed by atoms with van der Waals surface area (Å²) >= 11 is 0. The highest BCUT2D eigenvalue weighted by molar-refractivity contribution is 5.81. The molecule has 2 fully saturated rings. The molecule has 2 aromatic heterocycles. The summed E-state index contributed by atoms with van der Waals surface area (Å²) in [4.78, 5) is 22.1. The summed E-state index contributed by atoms with van der Waals surface area (Å²) in [5, 5.41) is 12.1. The Kier molecular flexibility index (Phi) is 4.41. The number of carbonyl (C=O) groups excluding carboxylic acids is 1. The van der Waals surface area contributed by atoms with E-state index in [1.54, 1.807) is 31.1 Å². The quantitative estimate of drug-likeness (QED) is 0.778. The van der Waals surface area contributed by atoms with Gasteiger partial charge >= 0.3 is 6.09 Å². The van der Waals surface area contributed by atoms with Gasteiger partial charge in [0.15, 0.2) is 5.79 Å². The number of nitrogens with zero attached hydrogens (tertiary/aromatic N) is 2. The van der Waals surface area contributed by atoms with E-state index < -0.39 is 41.8 Å². The molecule has 28 heavy (non-hydrogen) atoms. The summed E-state index contributed by atoms with van der Waals surface area (Å²) in [5.41, 5.74) is 0.823. The molecule has 8 nitrogen and oxygen atoms in total. The number of hydrogen-bond donors (Lipinski definition) is 2. The lowest BCUT2D eigenvalue weighted by Crippen LogP contribution is -2.54. The lowest BCUT2D eigenvalue weighted by molar-refractivity contribution is -0.291. The van der Waals surface area contributed by atoms with Gasteiger partial charge in [-0.25, -0.2) is 9.78 Å². The van der Waals surface area contributed by atoms with E-state index in [0.717, 1.165) is 10.9 Å². The molecule has 0 bridgehead atoms. The molecular formula is C20H27N3O5. The Balaban J connectivity index is 1.79. The van der Waals surface area contributed by atoms with E-state index in [2.05, 4.69) is 9.97 Å². The Hall–Kier alpha value is -2.16. The minimum Gasteiger partial charge on any atom is -0.444 e. The number of aliphatic hydroxyl groups is 1. The summed E-state index contributed by atoms with van der Waals surface area (Å²) in [6.45, 7) is 9.31. The number of H-pyrrole nitrogens is 1. The predicted molar refractivity (Wildman–Crippen MR) is 102 cm³/mol. The van der Waals surface area contributed by atoms with Crippen LogP contribution in [0.15, 0.2) is 24.5 Å². The van der Waals surface area contributed by atoms with Crippen molar-refractivity contribution >= 4 is 17.1 Å². The van der Waals surface area contributed by atoms with Crippen molar-refractivity contribution in [2.24, 2.45) is 0 Å². The molecule has 0 saturated carbocycles. The average Bonchev–Trinajstić information content (AvgIpc) is 3.15. The van der Waals surface area contributed by atoms with Crippen LogP contribution in [0.5, 0.6) is 0 Å². The van der Waals surface area contributed by atoms with Crippen LogP contribution >= 0.6 is 0 Å². The van der Waals surface area contributed by atoms with E-state index in [-0.39, 0.29) is 6.61 Å². The summed E-state index contributed by atoms with van der Waals surface area (Å²) in [6, 6.07) is 2.62. The first-order valence-corrected chi connectivity index (χ1v) is 9.50. The Morgan fingerprint density at radius 2 is 2.14 bits per heavy atom. The molecule has 4 rings (SSSR count). The van der Waals surface area contributed by atoms with Crippen molar-refractivity contribution in [2.75, 3.05) is 6.61 Å². The average molecular weight is 389 g/mol. The fourth-order valence-electron chi connectivity index (χ4n) is 4.05. The van der Waals surface area contributed by atoms with Crippen LogP contribution in [0.2, 0.25) is 0 Å². The highest BCUT2D eigenvalue weighted by Gasteiger charge is 2.57. The molecule has 0 radical (unpaired) electrons. The molecule has 0 aliphatic carbocycles. The maximum Gasteiger partial charge on any atom is 0.411 e. The standard InChI is InChI=1S/C20H27N3O5/c1-19(2,3)28-18(25)23-13-10-26-20(4,5)27-16(13)15(24)14(23)11-6-8-21-17-12(11)7-9-22-17/h6-9,13-16,24H,10H2,1-5H3,(H,21,22)/t13-,14+,15+,16-/m1/s1. The Bertz CT molecular complexity index is 887. The maximum atomic E-state index is 13.1. The molecule has 0 spiro atoms. The van der Waals surface area contributed by atoms with E-state index in [0.29, 0.717) is 5.65 Å². The number of nitrogens with one attached hydrogen (secondary N) is 1. The van der Waals surface area contributed by atoms with Gasteiger partial charge in [0, 0.05) is 17.8 Å². The summed E-state index contributed by atoms with van der Waals surface area (Å²) in [7, 11) is 0. The third-order valence-electron chi connectivity index (χ3n) is 5.13. The molecule has 2 aromatic rings. The first kappa shape index (κ1) is 19.2. The van der Waals surface area contributed by atoms with Gasteiger partial charge in [0.2, 0.25) is 0 Å². The monoisotopic (exact) mass is 389 g/mol. The Morgan fingerprint density at radius 1 is 1.39 bits per heavy atom. The molecule has 0 unspecified atom stereocenters. The molecule has 4 atom stereocenters. The van der Waals surface area contributed by atoms with Gasteiger partial charge in [0.1, 0.15) is 23.5 Å². The molecule has 8 heteroatoms. The lowest BCUT2D eigenvalue weighted by Gasteiger charge is -2.40. The van der Waals surface area contributed by atoms with Crippen molar-refractivity contribution in [3.05, 3.63) is 30.1 Å². The summed E-state index contributed by atoms with van der Waals surface area (Å²) in [5.74, 6) is -0.835. The van der Waals surface area contributed by atoms with Gasteiger partial charge in [0.05, 0.1) is 18.7 Å². The number of carbonyl (C=O) groups is 1. The topological polar surface area (TPSA) is 96.9 Å². The van der Waals surface area contributed by atoms with Crippen LogP contribution in [0, 0.1) is 0 Å². The first-order valence-electron chi connectivity index (χ1n) is 9.50. The van der Waals surface area contributed by atoms with E-state index in [4.69, 9.17) is 14.2 Å². The molecule has 1 amide bonds. The Morgan fingerprint density at radius 3 is 2.86 bits per heavy atom. The number of pyridine rings is 1. The van der Waals surface area contributed by atoms with Gasteiger partial charge in [-0.1, -0.05) is 0 Å². The normalized spacial score (nSPS) is 29.7. The second-order valence-corrected chi connectivity index (χ2v) is 8.82. The fraction of sp³-hybridized carbons (Fsp3) is 0.600. The van der Waals surface area contributed by atoms with E-state index in [9.17, 15) is 9.90 Å². The molecule has 0 aromatic carbocycles. The van der Waals surface area contributed by atoms with Gasteiger partial charge in [-0.05, 0) is 52.3 Å². The molecule has 2 aliphatic heterocycles. The zero-order valence-corrected chi connectivity index (χ0v) is 16.8. The zero-order chi connectivity index (χ0) is 20.3. The van der Waals surface area contributed by atoms with E-state index in [1.165, 1.54) is 0 Å². The minimum absolute atomic E-state index is 0.256. The molecule has 4 heterocycles. The van der Waals surface area contributed by atoms with Crippen LogP contribution in [-0.2, 0) is 14.2 Å². The van der Waals surface area contributed by atoms with Crippen LogP contribution in [0.3, 0.4) is 0 Å². The van der Waals surface area contributed by atoms with Crippen LogP contribution < -0.4 is 0 Å². The fourth-order valence-corrected chi connectivity index (χ4v) is 4.05.